The first-order valence-corrected chi connectivity index (χ1v) is 8.73. The monoisotopic (exact) mass is 386 g/mol. The van der Waals surface area contributed by atoms with Crippen LogP contribution in [0, 0.1) is 5.82 Å². The number of hydrogen-bond acceptors (Lipinski definition) is 5. The molecule has 2 aromatic rings. The van der Waals surface area contributed by atoms with Gasteiger partial charge in [-0.15, -0.1) is 0 Å². The van der Waals surface area contributed by atoms with Crippen molar-refractivity contribution in [3.8, 4) is 5.75 Å². The van der Waals surface area contributed by atoms with Gasteiger partial charge in [-0.3, -0.25) is 19.3 Å². The minimum atomic E-state index is -0.593. The van der Waals surface area contributed by atoms with Crippen LogP contribution in [0.25, 0.3) is 6.08 Å². The van der Waals surface area contributed by atoms with E-state index >= 15 is 0 Å². The molecule has 0 radical (unpaired) electrons. The SMILES string of the molecule is COc1ccccc1NC(=O)CN1C(=O)S/C(=C/c2cccc(F)c2)C1=O. The van der Waals surface area contributed by atoms with E-state index in [1.165, 1.54) is 31.4 Å². The molecule has 138 valence electrons. The number of nitrogens with zero attached hydrogens (tertiary/aromatic N) is 1. The molecule has 1 aliphatic rings. The standard InChI is InChI=1S/C19H15FN2O4S/c1-26-15-8-3-2-7-14(15)21-17(23)11-22-18(24)16(27-19(22)25)10-12-5-4-6-13(20)9-12/h2-10H,11H2,1H3,(H,21,23)/b16-10+. The van der Waals surface area contributed by atoms with Crippen molar-refractivity contribution in [1.82, 2.24) is 4.90 Å². The van der Waals surface area contributed by atoms with Crippen LogP contribution in [-0.4, -0.2) is 35.6 Å². The number of anilines is 1. The maximum atomic E-state index is 13.3. The Balaban J connectivity index is 1.71. The van der Waals surface area contributed by atoms with E-state index in [1.807, 2.05) is 0 Å². The van der Waals surface area contributed by atoms with E-state index < -0.39 is 29.4 Å². The van der Waals surface area contributed by atoms with Crippen LogP contribution in [0.4, 0.5) is 14.9 Å². The molecule has 0 aliphatic carbocycles. The maximum Gasteiger partial charge on any atom is 0.294 e. The Hall–Kier alpha value is -3.13. The number of rotatable bonds is 5. The van der Waals surface area contributed by atoms with Gasteiger partial charge in [-0.1, -0.05) is 24.3 Å². The lowest BCUT2D eigenvalue weighted by Gasteiger charge is -2.14. The molecule has 0 atom stereocenters. The molecule has 1 fully saturated rings. The second-order valence-corrected chi connectivity index (χ2v) is 6.56. The molecule has 1 saturated heterocycles. The van der Waals surface area contributed by atoms with Crippen molar-refractivity contribution in [2.75, 3.05) is 19.0 Å². The number of ether oxygens (including phenoxy) is 1. The summed E-state index contributed by atoms with van der Waals surface area (Å²) in [6, 6.07) is 12.5. The average molecular weight is 386 g/mol. The summed E-state index contributed by atoms with van der Waals surface area (Å²) in [5.74, 6) is -1.11. The Morgan fingerprint density at radius 1 is 1.22 bits per heavy atom. The summed E-state index contributed by atoms with van der Waals surface area (Å²) in [6.45, 7) is -0.427. The molecular weight excluding hydrogens is 371 g/mol. The molecule has 8 heteroatoms. The van der Waals surface area contributed by atoms with Gasteiger partial charge >= 0.3 is 0 Å². The van der Waals surface area contributed by atoms with Crippen molar-refractivity contribution < 1.29 is 23.5 Å². The number of imide groups is 1. The Kier molecular flexibility index (Phi) is 5.56. The minimum Gasteiger partial charge on any atom is -0.495 e. The van der Waals surface area contributed by atoms with Crippen LogP contribution in [0.5, 0.6) is 5.75 Å². The summed E-state index contributed by atoms with van der Waals surface area (Å²) in [6.07, 6.45) is 1.42. The second-order valence-electron chi connectivity index (χ2n) is 5.57. The number of carbonyl (C=O) groups is 3. The lowest BCUT2D eigenvalue weighted by molar-refractivity contribution is -0.127. The molecule has 3 amide bonds. The van der Waals surface area contributed by atoms with E-state index in [-0.39, 0.29) is 4.91 Å². The number of amides is 3. The van der Waals surface area contributed by atoms with Crippen LogP contribution >= 0.6 is 11.8 Å². The Morgan fingerprint density at radius 2 is 2.00 bits per heavy atom. The largest absolute Gasteiger partial charge is 0.495 e. The third-order valence-corrected chi connectivity index (χ3v) is 4.61. The number of thioether (sulfide) groups is 1. The van der Waals surface area contributed by atoms with Crippen molar-refractivity contribution in [3.05, 3.63) is 64.8 Å². The van der Waals surface area contributed by atoms with Gasteiger partial charge in [0.05, 0.1) is 17.7 Å². The second kappa shape index (κ2) is 8.05. The van der Waals surface area contributed by atoms with Gasteiger partial charge in [0.2, 0.25) is 5.91 Å². The van der Waals surface area contributed by atoms with Crippen LogP contribution < -0.4 is 10.1 Å². The summed E-state index contributed by atoms with van der Waals surface area (Å²) in [5, 5.41) is 2.06. The van der Waals surface area contributed by atoms with Gasteiger partial charge < -0.3 is 10.1 Å². The predicted molar refractivity (Wildman–Crippen MR) is 101 cm³/mol. The molecule has 1 aliphatic heterocycles. The molecule has 27 heavy (non-hydrogen) atoms. The lowest BCUT2D eigenvalue weighted by Crippen LogP contribution is -2.36. The van der Waals surface area contributed by atoms with Gasteiger partial charge in [0.1, 0.15) is 18.1 Å². The van der Waals surface area contributed by atoms with Crippen LogP contribution in [0.15, 0.2) is 53.4 Å². The topological polar surface area (TPSA) is 75.7 Å². The van der Waals surface area contributed by atoms with Crippen molar-refractivity contribution in [1.29, 1.82) is 0 Å². The van der Waals surface area contributed by atoms with E-state index in [4.69, 9.17) is 4.74 Å². The normalized spacial score (nSPS) is 15.3. The summed E-state index contributed by atoms with van der Waals surface area (Å²) < 4.78 is 18.4. The van der Waals surface area contributed by atoms with Crippen molar-refractivity contribution in [2.24, 2.45) is 0 Å². The fourth-order valence-electron chi connectivity index (χ4n) is 2.47. The molecule has 2 aromatic carbocycles. The average Bonchev–Trinajstić information content (AvgIpc) is 2.89. The molecule has 1 N–H and O–H groups in total. The maximum absolute atomic E-state index is 13.3. The highest BCUT2D eigenvalue weighted by molar-refractivity contribution is 8.18. The number of nitrogens with one attached hydrogen (secondary N) is 1. The van der Waals surface area contributed by atoms with Gasteiger partial charge in [0.15, 0.2) is 0 Å². The number of methoxy groups -OCH3 is 1. The van der Waals surface area contributed by atoms with E-state index in [0.29, 0.717) is 28.8 Å². The number of carbonyl (C=O) groups excluding carboxylic acids is 3. The first-order valence-electron chi connectivity index (χ1n) is 7.92. The van der Waals surface area contributed by atoms with Crippen LogP contribution in [0.1, 0.15) is 5.56 Å². The van der Waals surface area contributed by atoms with Crippen LogP contribution in [-0.2, 0) is 9.59 Å². The molecule has 0 spiro atoms. The van der Waals surface area contributed by atoms with Crippen molar-refractivity contribution in [2.45, 2.75) is 0 Å². The van der Waals surface area contributed by atoms with Gasteiger partial charge in [-0.25, -0.2) is 4.39 Å². The van der Waals surface area contributed by atoms with Gasteiger partial charge in [0.25, 0.3) is 11.1 Å². The zero-order chi connectivity index (χ0) is 19.4. The lowest BCUT2D eigenvalue weighted by atomic mass is 10.2. The van der Waals surface area contributed by atoms with Crippen molar-refractivity contribution in [3.63, 3.8) is 0 Å². The predicted octanol–water partition coefficient (Wildman–Crippen LogP) is 3.51. The highest BCUT2D eigenvalue weighted by atomic mass is 32.2. The minimum absolute atomic E-state index is 0.135. The van der Waals surface area contributed by atoms with E-state index in [2.05, 4.69) is 5.32 Å². The van der Waals surface area contributed by atoms with Gasteiger partial charge in [-0.05, 0) is 47.7 Å². The third kappa shape index (κ3) is 4.35. The Labute approximate surface area is 159 Å². The smallest absolute Gasteiger partial charge is 0.294 e. The summed E-state index contributed by atoms with van der Waals surface area (Å²) in [4.78, 5) is 37.8. The quantitative estimate of drug-likeness (QED) is 0.796. The molecule has 1 heterocycles. The Bertz CT molecular complexity index is 945. The highest BCUT2D eigenvalue weighted by Crippen LogP contribution is 2.32. The van der Waals surface area contributed by atoms with Gasteiger partial charge in [-0.2, -0.15) is 0 Å². The molecule has 0 aromatic heterocycles. The van der Waals surface area contributed by atoms with Crippen molar-refractivity contribution >= 4 is 40.6 Å². The number of benzene rings is 2. The van der Waals surface area contributed by atoms with E-state index in [0.717, 1.165) is 4.90 Å². The first kappa shape index (κ1) is 18.7. The first-order chi connectivity index (χ1) is 13.0. The molecule has 0 bridgehead atoms. The number of halogens is 1. The zero-order valence-electron chi connectivity index (χ0n) is 14.3. The number of para-hydroxylation sites is 2. The molecule has 0 saturated carbocycles. The van der Waals surface area contributed by atoms with E-state index in [1.54, 1.807) is 30.3 Å². The summed E-state index contributed by atoms with van der Waals surface area (Å²) >= 11 is 0.710. The summed E-state index contributed by atoms with van der Waals surface area (Å²) in [7, 11) is 1.47. The number of hydrogen-bond donors (Lipinski definition) is 1. The zero-order valence-corrected chi connectivity index (χ0v) is 15.1. The highest BCUT2D eigenvalue weighted by Gasteiger charge is 2.36. The molecular formula is C19H15FN2O4S. The van der Waals surface area contributed by atoms with Crippen LogP contribution in [0.3, 0.4) is 0 Å². The molecule has 3 rings (SSSR count). The van der Waals surface area contributed by atoms with E-state index in [9.17, 15) is 18.8 Å². The summed E-state index contributed by atoms with van der Waals surface area (Å²) in [5.41, 5.74) is 0.895. The van der Waals surface area contributed by atoms with Crippen LogP contribution in [0.2, 0.25) is 0 Å². The fourth-order valence-corrected chi connectivity index (χ4v) is 3.30. The Morgan fingerprint density at radius 3 is 2.74 bits per heavy atom. The fraction of sp³-hybridized carbons (Fsp3) is 0.105. The molecule has 0 unspecified atom stereocenters. The van der Waals surface area contributed by atoms with Gasteiger partial charge in [0, 0.05) is 0 Å². The molecule has 6 nitrogen and oxygen atoms in total. The third-order valence-electron chi connectivity index (χ3n) is 3.70.